The van der Waals surface area contributed by atoms with Gasteiger partial charge in [0.15, 0.2) is 11.5 Å². The van der Waals surface area contributed by atoms with Crippen LogP contribution in [0.25, 0.3) is 11.1 Å². The molecule has 1 spiro atoms. The van der Waals surface area contributed by atoms with Crippen LogP contribution in [-0.2, 0) is 16.8 Å². The summed E-state index contributed by atoms with van der Waals surface area (Å²) < 4.78 is 0. The highest BCUT2D eigenvalue weighted by Crippen LogP contribution is 2.50. The van der Waals surface area contributed by atoms with Gasteiger partial charge in [-0.05, 0) is 65.0 Å². The topological polar surface area (TPSA) is 58.7 Å². The van der Waals surface area contributed by atoms with Crippen molar-refractivity contribution in [2.75, 3.05) is 13.3 Å². The fourth-order valence-electron chi connectivity index (χ4n) is 4.45. The van der Waals surface area contributed by atoms with Gasteiger partial charge < -0.3 is 5.73 Å². The van der Waals surface area contributed by atoms with E-state index in [4.69, 9.17) is 10.7 Å². The summed E-state index contributed by atoms with van der Waals surface area (Å²) in [6.07, 6.45) is 3.68. The third-order valence-corrected chi connectivity index (χ3v) is 6.39. The molecular weight excluding hydrogens is 354 g/mol. The SMILES string of the molecule is CSc1cccc(-c2ccc3c(c2)C2(CC(C)(C)C3)N=C(N)N(C)C2=O)c1. The molecule has 2 N–H and O–H groups in total. The Morgan fingerprint density at radius 2 is 1.89 bits per heavy atom. The number of nitrogens with zero attached hydrogens (tertiary/aromatic N) is 2. The van der Waals surface area contributed by atoms with Gasteiger partial charge in [0.25, 0.3) is 5.91 Å². The molecular formula is C22H25N3OS. The van der Waals surface area contributed by atoms with Crippen LogP contribution < -0.4 is 5.73 Å². The van der Waals surface area contributed by atoms with Crippen molar-refractivity contribution in [1.82, 2.24) is 4.90 Å². The van der Waals surface area contributed by atoms with E-state index in [1.54, 1.807) is 18.8 Å². The fourth-order valence-corrected chi connectivity index (χ4v) is 4.91. The zero-order valence-corrected chi connectivity index (χ0v) is 17.1. The summed E-state index contributed by atoms with van der Waals surface area (Å²) >= 11 is 1.73. The minimum absolute atomic E-state index is 0.0160. The number of amides is 1. The van der Waals surface area contributed by atoms with Gasteiger partial charge in [-0.1, -0.05) is 38.1 Å². The first kappa shape index (κ1) is 18.1. The van der Waals surface area contributed by atoms with Crippen molar-refractivity contribution in [2.24, 2.45) is 16.1 Å². The Hall–Kier alpha value is -2.27. The summed E-state index contributed by atoms with van der Waals surface area (Å²) in [6, 6.07) is 15.0. The quantitative estimate of drug-likeness (QED) is 0.802. The lowest BCUT2D eigenvalue weighted by atomic mass is 9.65. The van der Waals surface area contributed by atoms with Crippen molar-refractivity contribution in [3.8, 4) is 11.1 Å². The number of hydrogen-bond acceptors (Lipinski definition) is 4. The van der Waals surface area contributed by atoms with Gasteiger partial charge in [0.05, 0.1) is 0 Å². The number of carbonyl (C=O) groups is 1. The Morgan fingerprint density at radius 3 is 2.56 bits per heavy atom. The molecule has 1 heterocycles. The number of likely N-dealkylation sites (N-methyl/N-ethyl adjacent to an activating group) is 1. The second-order valence-electron chi connectivity index (χ2n) is 8.32. The molecule has 0 saturated heterocycles. The van der Waals surface area contributed by atoms with E-state index >= 15 is 0 Å². The predicted molar refractivity (Wildman–Crippen MR) is 112 cm³/mol. The molecule has 1 atom stereocenters. The van der Waals surface area contributed by atoms with E-state index in [0.29, 0.717) is 12.4 Å². The third kappa shape index (κ3) is 2.85. The van der Waals surface area contributed by atoms with E-state index in [1.807, 2.05) is 0 Å². The molecule has 1 amide bonds. The van der Waals surface area contributed by atoms with Crippen LogP contribution in [0.2, 0.25) is 0 Å². The molecule has 4 rings (SSSR count). The molecule has 2 aliphatic rings. The minimum Gasteiger partial charge on any atom is -0.369 e. The highest BCUT2D eigenvalue weighted by atomic mass is 32.2. The van der Waals surface area contributed by atoms with Gasteiger partial charge in [0, 0.05) is 11.9 Å². The minimum atomic E-state index is -0.900. The number of guanidine groups is 1. The number of thioether (sulfide) groups is 1. The van der Waals surface area contributed by atoms with Crippen molar-refractivity contribution >= 4 is 23.6 Å². The number of fused-ring (bicyclic) bond motifs is 2. The molecule has 140 valence electrons. The van der Waals surface area contributed by atoms with Gasteiger partial charge in [0.2, 0.25) is 0 Å². The zero-order chi connectivity index (χ0) is 19.4. The van der Waals surface area contributed by atoms with E-state index < -0.39 is 5.54 Å². The van der Waals surface area contributed by atoms with Gasteiger partial charge in [0.1, 0.15) is 0 Å². The molecule has 27 heavy (non-hydrogen) atoms. The molecule has 0 radical (unpaired) electrons. The van der Waals surface area contributed by atoms with Crippen LogP contribution in [0.4, 0.5) is 0 Å². The molecule has 1 unspecified atom stereocenters. The van der Waals surface area contributed by atoms with Crippen LogP contribution in [-0.4, -0.2) is 30.1 Å². The Labute approximate surface area is 164 Å². The Bertz CT molecular complexity index is 966. The van der Waals surface area contributed by atoms with Crippen LogP contribution in [0.3, 0.4) is 0 Å². The van der Waals surface area contributed by atoms with Crippen molar-refractivity contribution in [3.63, 3.8) is 0 Å². The monoisotopic (exact) mass is 379 g/mol. The lowest BCUT2D eigenvalue weighted by Gasteiger charge is -2.41. The first-order valence-electron chi connectivity index (χ1n) is 9.17. The second-order valence-corrected chi connectivity index (χ2v) is 9.20. The maximum atomic E-state index is 13.2. The first-order chi connectivity index (χ1) is 12.8. The number of benzene rings is 2. The third-order valence-electron chi connectivity index (χ3n) is 5.67. The summed E-state index contributed by atoms with van der Waals surface area (Å²) in [4.78, 5) is 20.6. The number of aliphatic imine (C=N–C) groups is 1. The standard InChI is InChI=1S/C22H25N3OS/c1-21(2)12-16-9-8-15(14-6-5-7-17(10-14)27-4)11-18(16)22(13-21)19(26)25(3)20(23)24-22/h5-11H,12-13H2,1-4H3,(H2,23,24). The molecule has 5 heteroatoms. The number of nitrogens with two attached hydrogens (primary N) is 1. The lowest BCUT2D eigenvalue weighted by molar-refractivity contribution is -0.132. The van der Waals surface area contributed by atoms with E-state index in [1.165, 1.54) is 15.4 Å². The molecule has 2 aromatic carbocycles. The summed E-state index contributed by atoms with van der Waals surface area (Å²) in [5, 5.41) is 0. The Morgan fingerprint density at radius 1 is 1.15 bits per heavy atom. The predicted octanol–water partition coefficient (Wildman–Crippen LogP) is 4.03. The van der Waals surface area contributed by atoms with Crippen LogP contribution >= 0.6 is 11.8 Å². The molecule has 0 fully saturated rings. The van der Waals surface area contributed by atoms with Gasteiger partial charge in [-0.25, -0.2) is 4.99 Å². The van der Waals surface area contributed by atoms with E-state index in [-0.39, 0.29) is 11.3 Å². The molecule has 0 saturated carbocycles. The fraction of sp³-hybridized carbons (Fsp3) is 0.364. The van der Waals surface area contributed by atoms with Crippen LogP contribution in [0, 0.1) is 5.41 Å². The Balaban J connectivity index is 1.90. The van der Waals surface area contributed by atoms with Crippen molar-refractivity contribution in [1.29, 1.82) is 0 Å². The number of rotatable bonds is 2. The molecule has 2 aromatic rings. The molecule has 4 nitrogen and oxygen atoms in total. The van der Waals surface area contributed by atoms with E-state index in [0.717, 1.165) is 23.1 Å². The second kappa shape index (κ2) is 6.13. The summed E-state index contributed by atoms with van der Waals surface area (Å²) in [5.74, 6) is 0.280. The molecule has 0 bridgehead atoms. The largest absolute Gasteiger partial charge is 0.369 e. The zero-order valence-electron chi connectivity index (χ0n) is 16.2. The highest BCUT2D eigenvalue weighted by Gasteiger charge is 2.54. The molecule has 0 aromatic heterocycles. The number of carbonyl (C=O) groups excluding carboxylic acids is 1. The molecule has 1 aliphatic heterocycles. The van der Waals surface area contributed by atoms with Gasteiger partial charge in [-0.3, -0.25) is 9.69 Å². The number of hydrogen-bond donors (Lipinski definition) is 1. The van der Waals surface area contributed by atoms with Crippen molar-refractivity contribution in [2.45, 2.75) is 37.1 Å². The average molecular weight is 380 g/mol. The summed E-state index contributed by atoms with van der Waals surface area (Å²) in [5.41, 5.74) is 9.60. The normalized spacial score (nSPS) is 23.5. The maximum absolute atomic E-state index is 13.2. The highest BCUT2D eigenvalue weighted by molar-refractivity contribution is 7.98. The Kier molecular flexibility index (Phi) is 4.11. The first-order valence-corrected chi connectivity index (χ1v) is 10.4. The van der Waals surface area contributed by atoms with E-state index in [9.17, 15) is 4.79 Å². The van der Waals surface area contributed by atoms with Crippen LogP contribution in [0.15, 0.2) is 52.4 Å². The van der Waals surface area contributed by atoms with Crippen LogP contribution in [0.1, 0.15) is 31.4 Å². The van der Waals surface area contributed by atoms with Gasteiger partial charge >= 0.3 is 0 Å². The summed E-state index contributed by atoms with van der Waals surface area (Å²) in [6.45, 7) is 4.40. The van der Waals surface area contributed by atoms with E-state index in [2.05, 4.69) is 62.6 Å². The summed E-state index contributed by atoms with van der Waals surface area (Å²) in [7, 11) is 1.71. The smallest absolute Gasteiger partial charge is 0.261 e. The lowest BCUT2D eigenvalue weighted by Crippen LogP contribution is -2.46. The maximum Gasteiger partial charge on any atom is 0.261 e. The average Bonchev–Trinajstić information content (AvgIpc) is 2.85. The van der Waals surface area contributed by atoms with Gasteiger partial charge in [-0.2, -0.15) is 0 Å². The molecule has 1 aliphatic carbocycles. The van der Waals surface area contributed by atoms with Gasteiger partial charge in [-0.15, -0.1) is 11.8 Å². The van der Waals surface area contributed by atoms with Crippen molar-refractivity contribution in [3.05, 3.63) is 53.6 Å². The van der Waals surface area contributed by atoms with Crippen molar-refractivity contribution < 1.29 is 4.79 Å². The van der Waals surface area contributed by atoms with Crippen LogP contribution in [0.5, 0.6) is 0 Å².